The number of carbonyl (C=O) groups is 1. The number of nitrogens with zero attached hydrogens (tertiary/aromatic N) is 2. The van der Waals surface area contributed by atoms with Crippen LogP contribution < -0.4 is 0 Å². The van der Waals surface area contributed by atoms with Gasteiger partial charge in [-0.05, 0) is 17.7 Å². The summed E-state index contributed by atoms with van der Waals surface area (Å²) in [7, 11) is 1.63. The van der Waals surface area contributed by atoms with Gasteiger partial charge in [0.15, 0.2) is 0 Å². The minimum atomic E-state index is 0.220. The number of likely N-dealkylation sites (tertiary alicyclic amines) is 2. The van der Waals surface area contributed by atoms with Crippen molar-refractivity contribution in [2.45, 2.75) is 19.0 Å². The van der Waals surface area contributed by atoms with Crippen LogP contribution in [0.2, 0.25) is 5.02 Å². The fourth-order valence-corrected chi connectivity index (χ4v) is 3.43. The molecule has 114 valence electrons. The Bertz CT molecular complexity index is 506. The predicted octanol–water partition coefficient (Wildman–Crippen LogP) is 2.02. The highest BCUT2D eigenvalue weighted by Gasteiger charge is 2.46. The van der Waals surface area contributed by atoms with Gasteiger partial charge in [0, 0.05) is 50.3 Å². The standard InChI is InChI=1S/C16H21ClN2O2/c1-21-7-6-16(20)19-10-13-9-18(15(13)11-19)8-12-2-4-14(17)5-3-12/h2-5,13,15H,6-11H2,1H3/t13-,15+/m0/s1. The fourth-order valence-electron chi connectivity index (χ4n) is 3.30. The maximum absolute atomic E-state index is 12.0. The van der Waals surface area contributed by atoms with Crippen molar-refractivity contribution in [3.05, 3.63) is 34.9 Å². The summed E-state index contributed by atoms with van der Waals surface area (Å²) in [6.45, 7) is 4.31. The van der Waals surface area contributed by atoms with Gasteiger partial charge < -0.3 is 9.64 Å². The molecule has 21 heavy (non-hydrogen) atoms. The zero-order chi connectivity index (χ0) is 14.8. The molecule has 0 saturated carbocycles. The van der Waals surface area contributed by atoms with E-state index in [1.165, 1.54) is 5.56 Å². The Labute approximate surface area is 130 Å². The van der Waals surface area contributed by atoms with Crippen molar-refractivity contribution in [2.75, 3.05) is 33.4 Å². The quantitative estimate of drug-likeness (QED) is 0.834. The molecule has 0 N–H and O–H groups in total. The summed E-state index contributed by atoms with van der Waals surface area (Å²) in [4.78, 5) is 16.5. The second-order valence-corrected chi connectivity index (χ2v) is 6.36. The van der Waals surface area contributed by atoms with E-state index in [1.54, 1.807) is 7.11 Å². The third kappa shape index (κ3) is 3.23. The first kappa shape index (κ1) is 14.8. The molecular formula is C16H21ClN2O2. The van der Waals surface area contributed by atoms with Gasteiger partial charge in [0.1, 0.15) is 0 Å². The van der Waals surface area contributed by atoms with Crippen LogP contribution in [-0.2, 0) is 16.1 Å². The molecule has 1 amide bonds. The zero-order valence-corrected chi connectivity index (χ0v) is 13.1. The molecule has 2 aliphatic rings. The number of fused-ring (bicyclic) bond motifs is 1. The van der Waals surface area contributed by atoms with Crippen LogP contribution in [0.1, 0.15) is 12.0 Å². The Morgan fingerprint density at radius 1 is 1.29 bits per heavy atom. The lowest BCUT2D eigenvalue weighted by atomic mass is 9.91. The Morgan fingerprint density at radius 3 is 2.76 bits per heavy atom. The maximum atomic E-state index is 12.0. The summed E-state index contributed by atoms with van der Waals surface area (Å²) in [6, 6.07) is 8.54. The number of halogens is 1. The lowest BCUT2D eigenvalue weighted by Crippen LogP contribution is -2.54. The van der Waals surface area contributed by atoms with Gasteiger partial charge in [-0.2, -0.15) is 0 Å². The first-order valence-corrected chi connectivity index (χ1v) is 7.80. The van der Waals surface area contributed by atoms with E-state index in [2.05, 4.69) is 17.0 Å². The molecule has 2 saturated heterocycles. The Hall–Kier alpha value is -1.10. The van der Waals surface area contributed by atoms with Crippen LogP contribution >= 0.6 is 11.6 Å². The molecule has 2 atom stereocenters. The normalized spacial score (nSPS) is 24.8. The zero-order valence-electron chi connectivity index (χ0n) is 12.3. The molecule has 2 aliphatic heterocycles. The van der Waals surface area contributed by atoms with Gasteiger partial charge in [-0.3, -0.25) is 9.69 Å². The van der Waals surface area contributed by atoms with Gasteiger partial charge in [0.2, 0.25) is 5.91 Å². The van der Waals surface area contributed by atoms with Crippen LogP contribution in [0.3, 0.4) is 0 Å². The second-order valence-electron chi connectivity index (χ2n) is 5.92. The molecule has 2 heterocycles. The average Bonchev–Trinajstić information content (AvgIpc) is 2.82. The minimum absolute atomic E-state index is 0.220. The molecule has 2 fully saturated rings. The molecule has 0 aromatic heterocycles. The van der Waals surface area contributed by atoms with Crippen LogP contribution in [0.5, 0.6) is 0 Å². The molecule has 0 bridgehead atoms. The van der Waals surface area contributed by atoms with E-state index in [0.717, 1.165) is 31.2 Å². The third-order valence-electron chi connectivity index (χ3n) is 4.52. The van der Waals surface area contributed by atoms with Gasteiger partial charge in [-0.15, -0.1) is 0 Å². The van der Waals surface area contributed by atoms with Crippen LogP contribution in [0.25, 0.3) is 0 Å². The second kappa shape index (κ2) is 6.34. The molecule has 0 unspecified atom stereocenters. The summed E-state index contributed by atoms with van der Waals surface area (Å²) < 4.78 is 4.98. The van der Waals surface area contributed by atoms with E-state index in [4.69, 9.17) is 16.3 Å². The number of hydrogen-bond acceptors (Lipinski definition) is 3. The van der Waals surface area contributed by atoms with Gasteiger partial charge in [0.25, 0.3) is 0 Å². The van der Waals surface area contributed by atoms with Crippen molar-refractivity contribution in [1.29, 1.82) is 0 Å². The molecule has 5 heteroatoms. The predicted molar refractivity (Wildman–Crippen MR) is 82.2 cm³/mol. The van der Waals surface area contributed by atoms with Crippen molar-refractivity contribution in [3.8, 4) is 0 Å². The lowest BCUT2D eigenvalue weighted by Gasteiger charge is -2.43. The molecule has 0 radical (unpaired) electrons. The molecule has 3 rings (SSSR count). The van der Waals surface area contributed by atoms with Crippen LogP contribution in [0.4, 0.5) is 0 Å². The number of ether oxygens (including phenoxy) is 1. The van der Waals surface area contributed by atoms with E-state index in [0.29, 0.717) is 25.0 Å². The number of amides is 1. The van der Waals surface area contributed by atoms with Gasteiger partial charge in [-0.25, -0.2) is 0 Å². The molecule has 0 spiro atoms. The van der Waals surface area contributed by atoms with Gasteiger partial charge in [0.05, 0.1) is 13.0 Å². The number of carbonyl (C=O) groups excluding carboxylic acids is 1. The summed E-state index contributed by atoms with van der Waals surface area (Å²) >= 11 is 5.91. The molecule has 1 aromatic rings. The molecule has 0 aliphatic carbocycles. The van der Waals surface area contributed by atoms with Crippen molar-refractivity contribution in [3.63, 3.8) is 0 Å². The highest BCUT2D eigenvalue weighted by molar-refractivity contribution is 6.30. The van der Waals surface area contributed by atoms with E-state index >= 15 is 0 Å². The number of rotatable bonds is 5. The molecule has 1 aromatic carbocycles. The summed E-state index contributed by atoms with van der Waals surface area (Å²) in [6.07, 6.45) is 0.493. The third-order valence-corrected chi connectivity index (χ3v) is 4.77. The first-order chi connectivity index (χ1) is 10.2. The Balaban J connectivity index is 1.52. The van der Waals surface area contributed by atoms with E-state index in [1.807, 2.05) is 17.0 Å². The summed E-state index contributed by atoms with van der Waals surface area (Å²) in [5.41, 5.74) is 1.28. The summed E-state index contributed by atoms with van der Waals surface area (Å²) in [5, 5.41) is 0.774. The monoisotopic (exact) mass is 308 g/mol. The van der Waals surface area contributed by atoms with Gasteiger partial charge in [-0.1, -0.05) is 23.7 Å². The van der Waals surface area contributed by atoms with Crippen LogP contribution in [0.15, 0.2) is 24.3 Å². The van der Waals surface area contributed by atoms with E-state index in [9.17, 15) is 4.79 Å². The number of hydrogen-bond donors (Lipinski definition) is 0. The molecule has 4 nitrogen and oxygen atoms in total. The van der Waals surface area contributed by atoms with E-state index in [-0.39, 0.29) is 5.91 Å². The molecular weight excluding hydrogens is 288 g/mol. The first-order valence-electron chi connectivity index (χ1n) is 7.42. The minimum Gasteiger partial charge on any atom is -0.384 e. The lowest BCUT2D eigenvalue weighted by molar-refractivity contribution is -0.131. The highest BCUT2D eigenvalue weighted by Crippen LogP contribution is 2.33. The maximum Gasteiger partial charge on any atom is 0.224 e. The van der Waals surface area contributed by atoms with Crippen LogP contribution in [0, 0.1) is 5.92 Å². The summed E-state index contributed by atoms with van der Waals surface area (Å²) in [5.74, 6) is 0.862. The number of methoxy groups -OCH3 is 1. The average molecular weight is 309 g/mol. The number of benzene rings is 1. The SMILES string of the molecule is COCCC(=O)N1C[C@@H]2CN(Cc3ccc(Cl)cc3)[C@@H]2C1. The van der Waals surface area contributed by atoms with Gasteiger partial charge >= 0.3 is 0 Å². The largest absolute Gasteiger partial charge is 0.384 e. The van der Waals surface area contributed by atoms with Crippen molar-refractivity contribution in [2.24, 2.45) is 5.92 Å². The van der Waals surface area contributed by atoms with Crippen molar-refractivity contribution >= 4 is 17.5 Å². The topological polar surface area (TPSA) is 32.8 Å². The fraction of sp³-hybridized carbons (Fsp3) is 0.562. The van der Waals surface area contributed by atoms with E-state index < -0.39 is 0 Å². The smallest absolute Gasteiger partial charge is 0.224 e. The highest BCUT2D eigenvalue weighted by atomic mass is 35.5. The van der Waals surface area contributed by atoms with Crippen LogP contribution in [-0.4, -0.2) is 55.1 Å². The Kier molecular flexibility index (Phi) is 4.48. The Morgan fingerprint density at radius 2 is 2.05 bits per heavy atom. The van der Waals surface area contributed by atoms with Crippen molar-refractivity contribution in [1.82, 2.24) is 9.80 Å². The van der Waals surface area contributed by atoms with Crippen molar-refractivity contribution < 1.29 is 9.53 Å².